The van der Waals surface area contributed by atoms with Crippen LogP contribution in [0.3, 0.4) is 0 Å². The number of benzene rings is 2. The molecule has 11 heteroatoms. The largest absolute Gasteiger partial charge is 0.339 e. The van der Waals surface area contributed by atoms with Gasteiger partial charge in [0.25, 0.3) is 5.56 Å². The van der Waals surface area contributed by atoms with Crippen LogP contribution in [0.2, 0.25) is 10.0 Å². The van der Waals surface area contributed by atoms with E-state index in [1.165, 1.54) is 47.3 Å². The van der Waals surface area contributed by atoms with E-state index in [0.29, 0.717) is 42.4 Å². The summed E-state index contributed by atoms with van der Waals surface area (Å²) in [4.78, 5) is 45.5. The summed E-state index contributed by atoms with van der Waals surface area (Å²) in [5.41, 5.74) is 0.461. The van der Waals surface area contributed by atoms with E-state index in [-0.39, 0.29) is 41.1 Å². The first kappa shape index (κ1) is 23.2. The van der Waals surface area contributed by atoms with Gasteiger partial charge in [-0.05, 0) is 36.4 Å². The van der Waals surface area contributed by atoms with E-state index in [0.717, 1.165) is 0 Å². The highest BCUT2D eigenvalue weighted by Gasteiger charge is 2.23. The summed E-state index contributed by atoms with van der Waals surface area (Å²) >= 11 is 12.1. The van der Waals surface area contributed by atoms with Gasteiger partial charge in [-0.1, -0.05) is 23.2 Å². The van der Waals surface area contributed by atoms with Gasteiger partial charge in [0.1, 0.15) is 12.4 Å². The molecule has 3 aromatic rings. The molecule has 1 aliphatic rings. The molecular formula is C22H20Cl2FN5O3. The van der Waals surface area contributed by atoms with Crippen LogP contribution in [0.1, 0.15) is 0 Å². The van der Waals surface area contributed by atoms with Crippen molar-refractivity contribution < 1.29 is 14.0 Å². The van der Waals surface area contributed by atoms with Crippen LogP contribution in [0.25, 0.3) is 10.9 Å². The van der Waals surface area contributed by atoms with Crippen LogP contribution in [0.4, 0.5) is 10.1 Å². The SMILES string of the molecule is O=C(CN1CCN(C(=O)Cn2cnc3c(Cl)cc(Cl)cc3c2=O)CC1)Nc1ccc(F)cc1. The first-order valence-electron chi connectivity index (χ1n) is 10.2. The van der Waals surface area contributed by atoms with Gasteiger partial charge in [0.2, 0.25) is 11.8 Å². The van der Waals surface area contributed by atoms with Crippen LogP contribution in [-0.2, 0) is 16.1 Å². The molecule has 172 valence electrons. The highest BCUT2D eigenvalue weighted by molar-refractivity contribution is 6.38. The fourth-order valence-electron chi connectivity index (χ4n) is 3.65. The Hall–Kier alpha value is -3.01. The van der Waals surface area contributed by atoms with Crippen molar-refractivity contribution in [3.05, 3.63) is 68.9 Å². The van der Waals surface area contributed by atoms with Gasteiger partial charge >= 0.3 is 0 Å². The molecule has 2 amide bonds. The minimum atomic E-state index is -0.395. The molecule has 1 aliphatic heterocycles. The summed E-state index contributed by atoms with van der Waals surface area (Å²) in [6.07, 6.45) is 1.30. The minimum absolute atomic E-state index is 0.156. The molecule has 0 aliphatic carbocycles. The fourth-order valence-corrected chi connectivity index (χ4v) is 4.19. The highest BCUT2D eigenvalue weighted by atomic mass is 35.5. The maximum absolute atomic E-state index is 13.0. The zero-order valence-corrected chi connectivity index (χ0v) is 18.9. The van der Waals surface area contributed by atoms with Crippen LogP contribution >= 0.6 is 23.2 Å². The maximum Gasteiger partial charge on any atom is 0.261 e. The number of fused-ring (bicyclic) bond motifs is 1. The number of hydrogen-bond donors (Lipinski definition) is 1. The van der Waals surface area contributed by atoms with Crippen molar-refractivity contribution in [2.75, 3.05) is 38.0 Å². The zero-order chi connectivity index (χ0) is 23.5. The van der Waals surface area contributed by atoms with Crippen LogP contribution in [-0.4, -0.2) is 63.9 Å². The smallest absolute Gasteiger partial charge is 0.261 e. The number of amides is 2. The van der Waals surface area contributed by atoms with E-state index in [1.54, 1.807) is 4.90 Å². The molecule has 2 aromatic carbocycles. The van der Waals surface area contributed by atoms with Crippen molar-refractivity contribution in [1.82, 2.24) is 19.4 Å². The molecule has 1 N–H and O–H groups in total. The molecule has 33 heavy (non-hydrogen) atoms. The van der Waals surface area contributed by atoms with Gasteiger partial charge < -0.3 is 10.2 Å². The predicted molar refractivity (Wildman–Crippen MR) is 124 cm³/mol. The Morgan fingerprint density at radius 1 is 1.03 bits per heavy atom. The Morgan fingerprint density at radius 2 is 1.73 bits per heavy atom. The van der Waals surface area contributed by atoms with Crippen molar-refractivity contribution in [3.8, 4) is 0 Å². The molecule has 1 aromatic heterocycles. The molecule has 2 heterocycles. The van der Waals surface area contributed by atoms with E-state index >= 15 is 0 Å². The standard InChI is InChI=1S/C22H20Cl2FN5O3/c23-14-9-17-21(18(24)10-14)26-13-30(22(17)33)12-20(32)29-7-5-28(6-8-29)11-19(31)27-16-3-1-15(25)2-4-16/h1-4,9-10,13H,5-8,11-12H2,(H,27,31). The van der Waals surface area contributed by atoms with Gasteiger partial charge in [-0.15, -0.1) is 0 Å². The monoisotopic (exact) mass is 491 g/mol. The Kier molecular flexibility index (Phi) is 6.92. The molecule has 0 radical (unpaired) electrons. The number of rotatable bonds is 5. The zero-order valence-electron chi connectivity index (χ0n) is 17.4. The average molecular weight is 492 g/mol. The summed E-state index contributed by atoms with van der Waals surface area (Å²) in [5, 5.41) is 3.56. The number of halogens is 3. The number of piperazine rings is 1. The predicted octanol–water partition coefficient (Wildman–Crippen LogP) is 2.63. The molecule has 1 saturated heterocycles. The summed E-state index contributed by atoms with van der Waals surface area (Å²) in [5.74, 6) is -0.808. The lowest BCUT2D eigenvalue weighted by molar-refractivity contribution is -0.133. The van der Waals surface area contributed by atoms with Gasteiger partial charge in [-0.25, -0.2) is 9.37 Å². The number of hydrogen-bond acceptors (Lipinski definition) is 5. The van der Waals surface area contributed by atoms with Crippen LogP contribution < -0.4 is 10.9 Å². The van der Waals surface area contributed by atoms with Crippen molar-refractivity contribution >= 4 is 51.6 Å². The molecule has 0 bridgehead atoms. The lowest BCUT2D eigenvalue weighted by atomic mass is 10.2. The lowest BCUT2D eigenvalue weighted by Gasteiger charge is -2.34. The van der Waals surface area contributed by atoms with E-state index in [2.05, 4.69) is 10.3 Å². The molecule has 0 saturated carbocycles. The molecule has 0 atom stereocenters. The number of anilines is 1. The number of carbonyl (C=O) groups is 2. The van der Waals surface area contributed by atoms with Crippen molar-refractivity contribution in [3.63, 3.8) is 0 Å². The molecule has 0 unspecified atom stereocenters. The van der Waals surface area contributed by atoms with E-state index in [1.807, 2.05) is 4.90 Å². The average Bonchev–Trinajstić information content (AvgIpc) is 2.78. The Bertz CT molecular complexity index is 1260. The Morgan fingerprint density at radius 3 is 2.42 bits per heavy atom. The quantitative estimate of drug-likeness (QED) is 0.592. The molecular weight excluding hydrogens is 472 g/mol. The van der Waals surface area contributed by atoms with Gasteiger partial charge in [-0.2, -0.15) is 0 Å². The second-order valence-corrected chi connectivity index (χ2v) is 8.52. The molecule has 0 spiro atoms. The van der Waals surface area contributed by atoms with E-state index in [9.17, 15) is 18.8 Å². The van der Waals surface area contributed by atoms with E-state index < -0.39 is 5.56 Å². The molecule has 4 rings (SSSR count). The third-order valence-corrected chi connectivity index (χ3v) is 5.88. The number of aromatic nitrogens is 2. The van der Waals surface area contributed by atoms with Gasteiger partial charge in [0, 0.05) is 36.9 Å². The normalized spacial score (nSPS) is 14.5. The minimum Gasteiger partial charge on any atom is -0.339 e. The highest BCUT2D eigenvalue weighted by Crippen LogP contribution is 2.24. The van der Waals surface area contributed by atoms with Crippen LogP contribution in [0, 0.1) is 5.82 Å². The Labute approximate surface area is 198 Å². The summed E-state index contributed by atoms with van der Waals surface area (Å²) < 4.78 is 14.2. The first-order valence-corrected chi connectivity index (χ1v) is 11.0. The van der Waals surface area contributed by atoms with Crippen LogP contribution in [0.15, 0.2) is 47.5 Å². The van der Waals surface area contributed by atoms with Crippen molar-refractivity contribution in [1.29, 1.82) is 0 Å². The number of nitrogens with zero attached hydrogens (tertiary/aromatic N) is 4. The third-order valence-electron chi connectivity index (χ3n) is 5.37. The second kappa shape index (κ2) is 9.86. The van der Waals surface area contributed by atoms with Crippen molar-refractivity contribution in [2.24, 2.45) is 0 Å². The van der Waals surface area contributed by atoms with Gasteiger partial charge in [0.15, 0.2) is 0 Å². The van der Waals surface area contributed by atoms with Gasteiger partial charge in [-0.3, -0.25) is 23.9 Å². The third kappa shape index (κ3) is 5.50. The fraction of sp³-hybridized carbons (Fsp3) is 0.273. The number of carbonyl (C=O) groups excluding carboxylic acids is 2. The first-order chi connectivity index (χ1) is 15.8. The van der Waals surface area contributed by atoms with E-state index in [4.69, 9.17) is 23.2 Å². The van der Waals surface area contributed by atoms with Crippen molar-refractivity contribution in [2.45, 2.75) is 6.54 Å². The summed E-state index contributed by atoms with van der Waals surface area (Å²) in [6, 6.07) is 8.53. The van der Waals surface area contributed by atoms with Crippen LogP contribution in [0.5, 0.6) is 0 Å². The topological polar surface area (TPSA) is 87.5 Å². The summed E-state index contributed by atoms with van der Waals surface area (Å²) in [6.45, 7) is 1.88. The second-order valence-electron chi connectivity index (χ2n) is 7.67. The maximum atomic E-state index is 13.0. The molecule has 8 nitrogen and oxygen atoms in total. The lowest BCUT2D eigenvalue weighted by Crippen LogP contribution is -2.51. The number of nitrogens with one attached hydrogen (secondary N) is 1. The Balaban J connectivity index is 1.32. The van der Waals surface area contributed by atoms with Gasteiger partial charge in [0.05, 0.1) is 28.8 Å². The molecule has 1 fully saturated rings. The summed E-state index contributed by atoms with van der Waals surface area (Å²) in [7, 11) is 0.